The van der Waals surface area contributed by atoms with Crippen LogP contribution in [0.15, 0.2) is 18.5 Å². The van der Waals surface area contributed by atoms with Gasteiger partial charge in [-0.15, -0.1) is 0 Å². The Morgan fingerprint density at radius 1 is 1.33 bits per heavy atom. The van der Waals surface area contributed by atoms with Gasteiger partial charge in [0, 0.05) is 45.3 Å². The summed E-state index contributed by atoms with van der Waals surface area (Å²) in [6.45, 7) is 6.59. The van der Waals surface area contributed by atoms with Crippen LogP contribution in [-0.2, 0) is 16.0 Å². The van der Waals surface area contributed by atoms with E-state index in [2.05, 4.69) is 35.3 Å². The molecular weight excluding hydrogens is 264 g/mol. The van der Waals surface area contributed by atoms with Gasteiger partial charge in [-0.1, -0.05) is 6.92 Å². The van der Waals surface area contributed by atoms with Gasteiger partial charge in [0.2, 0.25) is 0 Å². The summed E-state index contributed by atoms with van der Waals surface area (Å²) < 4.78 is 12.9. The van der Waals surface area contributed by atoms with Gasteiger partial charge < -0.3 is 19.4 Å². The highest BCUT2D eigenvalue weighted by Crippen LogP contribution is 2.41. The Bertz CT molecular complexity index is 388. The van der Waals surface area contributed by atoms with Crippen LogP contribution < -0.4 is 5.32 Å². The zero-order valence-electron chi connectivity index (χ0n) is 13.5. The summed E-state index contributed by atoms with van der Waals surface area (Å²) in [5, 5.41) is 3.69. The van der Waals surface area contributed by atoms with Crippen LogP contribution in [0.25, 0.3) is 0 Å². The Hall–Kier alpha value is -0.840. The number of ether oxygens (including phenoxy) is 2. The van der Waals surface area contributed by atoms with Crippen molar-refractivity contribution in [2.75, 3.05) is 33.5 Å². The fourth-order valence-corrected chi connectivity index (χ4v) is 2.65. The highest BCUT2D eigenvalue weighted by Gasteiger charge is 2.32. The Balaban J connectivity index is 1.72. The van der Waals surface area contributed by atoms with Gasteiger partial charge in [-0.2, -0.15) is 0 Å². The van der Waals surface area contributed by atoms with Gasteiger partial charge in [0.05, 0.1) is 6.61 Å². The number of hydrogen-bond acceptors (Lipinski definition) is 3. The molecule has 0 bridgehead atoms. The van der Waals surface area contributed by atoms with Crippen molar-refractivity contribution in [1.82, 2.24) is 9.88 Å². The van der Waals surface area contributed by atoms with Crippen molar-refractivity contribution in [3.05, 3.63) is 24.0 Å². The van der Waals surface area contributed by atoms with E-state index in [1.807, 2.05) is 0 Å². The van der Waals surface area contributed by atoms with Crippen LogP contribution in [0.1, 0.15) is 44.2 Å². The summed E-state index contributed by atoms with van der Waals surface area (Å²) in [6, 6.07) is 2.81. The fraction of sp³-hybridized carbons (Fsp3) is 0.765. The minimum absolute atomic E-state index is 0.550. The largest absolute Gasteiger partial charge is 0.385 e. The number of nitrogens with one attached hydrogen (secondary N) is 1. The van der Waals surface area contributed by atoms with Crippen molar-refractivity contribution in [3.8, 4) is 0 Å². The first-order chi connectivity index (χ1) is 10.3. The molecule has 4 nitrogen and oxygen atoms in total. The molecule has 0 aliphatic heterocycles. The summed E-state index contributed by atoms with van der Waals surface area (Å²) in [4.78, 5) is 0. The molecule has 0 saturated heterocycles. The molecule has 1 heterocycles. The highest BCUT2D eigenvalue weighted by molar-refractivity contribution is 5.18. The van der Waals surface area contributed by atoms with Crippen molar-refractivity contribution in [3.63, 3.8) is 0 Å². The number of aromatic nitrogens is 1. The summed E-state index contributed by atoms with van der Waals surface area (Å²) in [7, 11) is 1.73. The summed E-state index contributed by atoms with van der Waals surface area (Å²) >= 11 is 0. The second-order valence-electron chi connectivity index (χ2n) is 5.91. The molecule has 1 N–H and O–H groups in total. The van der Waals surface area contributed by atoms with Gasteiger partial charge >= 0.3 is 0 Å². The predicted octanol–water partition coefficient (Wildman–Crippen LogP) is 2.99. The Morgan fingerprint density at radius 3 is 2.90 bits per heavy atom. The molecule has 4 heteroatoms. The monoisotopic (exact) mass is 294 g/mol. The van der Waals surface area contributed by atoms with Crippen LogP contribution in [0, 0.1) is 5.92 Å². The van der Waals surface area contributed by atoms with Gasteiger partial charge in [-0.25, -0.2) is 0 Å². The van der Waals surface area contributed by atoms with Gasteiger partial charge in [-0.3, -0.25) is 0 Å². The van der Waals surface area contributed by atoms with Gasteiger partial charge in [0.25, 0.3) is 0 Å². The summed E-state index contributed by atoms with van der Waals surface area (Å²) in [5.41, 5.74) is 1.44. The molecule has 1 aromatic heterocycles. The number of methoxy groups -OCH3 is 1. The smallest absolute Gasteiger partial charge is 0.0645 e. The maximum Gasteiger partial charge on any atom is 0.0645 e. The molecule has 120 valence electrons. The summed E-state index contributed by atoms with van der Waals surface area (Å²) in [5.74, 6) is 0.845. The molecule has 1 atom stereocenters. The van der Waals surface area contributed by atoms with Gasteiger partial charge in [0.1, 0.15) is 0 Å². The Morgan fingerprint density at radius 2 is 2.19 bits per heavy atom. The molecule has 1 aliphatic carbocycles. The molecule has 1 fully saturated rings. The first-order valence-corrected chi connectivity index (χ1v) is 8.31. The van der Waals surface area contributed by atoms with E-state index < -0.39 is 0 Å². The zero-order chi connectivity index (χ0) is 14.9. The molecule has 1 aromatic rings. The first-order valence-electron chi connectivity index (χ1n) is 8.31. The lowest BCUT2D eigenvalue weighted by Crippen LogP contribution is -2.23. The van der Waals surface area contributed by atoms with E-state index in [-0.39, 0.29) is 0 Å². The Labute approximate surface area is 128 Å². The standard InChI is InChI=1S/C17H30N2O2/c1-3-8-18-17(15-5-6-15)16-7-9-19(14-16)10-13-21-12-4-11-20-2/h7,9,14-15,17-18H,3-6,8,10-13H2,1-2H3. The van der Waals surface area contributed by atoms with Crippen molar-refractivity contribution in [2.45, 2.75) is 45.2 Å². The molecule has 1 saturated carbocycles. The second kappa shape index (κ2) is 9.23. The fourth-order valence-electron chi connectivity index (χ4n) is 2.65. The van der Waals surface area contributed by atoms with Crippen LogP contribution in [-0.4, -0.2) is 38.0 Å². The third-order valence-electron chi connectivity index (χ3n) is 3.97. The third-order valence-corrected chi connectivity index (χ3v) is 3.97. The van der Waals surface area contributed by atoms with Gasteiger partial charge in [0.15, 0.2) is 0 Å². The SMILES string of the molecule is CCCNC(c1ccn(CCOCCCOC)c1)C1CC1. The minimum Gasteiger partial charge on any atom is -0.385 e. The number of hydrogen-bond donors (Lipinski definition) is 1. The number of nitrogens with zero attached hydrogens (tertiary/aromatic N) is 1. The van der Waals surface area contributed by atoms with Crippen LogP contribution in [0.4, 0.5) is 0 Å². The van der Waals surface area contributed by atoms with E-state index in [9.17, 15) is 0 Å². The average molecular weight is 294 g/mol. The third kappa shape index (κ3) is 5.81. The maximum atomic E-state index is 5.62. The molecule has 0 spiro atoms. The normalized spacial score (nSPS) is 16.3. The summed E-state index contributed by atoms with van der Waals surface area (Å²) in [6.07, 6.45) is 9.36. The average Bonchev–Trinajstić information content (AvgIpc) is 3.22. The van der Waals surface area contributed by atoms with Crippen molar-refractivity contribution >= 4 is 0 Å². The van der Waals surface area contributed by atoms with E-state index in [0.29, 0.717) is 6.04 Å². The molecular formula is C17H30N2O2. The van der Waals surface area contributed by atoms with E-state index in [1.54, 1.807) is 7.11 Å². The maximum absolute atomic E-state index is 5.62. The molecule has 1 unspecified atom stereocenters. The lowest BCUT2D eigenvalue weighted by Gasteiger charge is -2.16. The molecule has 2 rings (SSSR count). The van der Waals surface area contributed by atoms with E-state index in [0.717, 1.165) is 45.2 Å². The Kier molecular flexibility index (Phi) is 7.27. The lowest BCUT2D eigenvalue weighted by molar-refractivity contribution is 0.0977. The van der Waals surface area contributed by atoms with Crippen LogP contribution in [0.2, 0.25) is 0 Å². The minimum atomic E-state index is 0.550. The molecule has 21 heavy (non-hydrogen) atoms. The van der Waals surface area contributed by atoms with Crippen LogP contribution >= 0.6 is 0 Å². The number of rotatable bonds is 12. The molecule has 0 radical (unpaired) electrons. The van der Waals surface area contributed by atoms with Crippen LogP contribution in [0.5, 0.6) is 0 Å². The lowest BCUT2D eigenvalue weighted by atomic mass is 10.1. The molecule has 1 aliphatic rings. The van der Waals surface area contributed by atoms with E-state index in [1.165, 1.54) is 24.8 Å². The predicted molar refractivity (Wildman–Crippen MR) is 85.5 cm³/mol. The zero-order valence-corrected chi connectivity index (χ0v) is 13.5. The van der Waals surface area contributed by atoms with Crippen molar-refractivity contribution in [1.29, 1.82) is 0 Å². The second-order valence-corrected chi connectivity index (χ2v) is 5.91. The highest BCUT2D eigenvalue weighted by atomic mass is 16.5. The van der Waals surface area contributed by atoms with Crippen molar-refractivity contribution in [2.24, 2.45) is 5.92 Å². The van der Waals surface area contributed by atoms with E-state index in [4.69, 9.17) is 9.47 Å². The van der Waals surface area contributed by atoms with E-state index >= 15 is 0 Å². The van der Waals surface area contributed by atoms with Gasteiger partial charge in [-0.05, 0) is 49.8 Å². The van der Waals surface area contributed by atoms with Crippen molar-refractivity contribution < 1.29 is 9.47 Å². The molecule has 0 amide bonds. The quantitative estimate of drug-likeness (QED) is 0.602. The molecule has 0 aromatic carbocycles. The topological polar surface area (TPSA) is 35.4 Å². The van der Waals surface area contributed by atoms with Crippen LogP contribution in [0.3, 0.4) is 0 Å². The first kappa shape index (κ1) is 16.5.